The molecule has 2 rings (SSSR count). The van der Waals surface area contributed by atoms with Crippen molar-refractivity contribution in [2.45, 2.75) is 24.7 Å². The Labute approximate surface area is 116 Å². The average Bonchev–Trinajstić information content (AvgIpc) is 2.49. The minimum Gasteiger partial charge on any atom is -0.481 e. The fraction of sp³-hybridized carbons (Fsp3) is 0.667. The molecule has 3 N–H and O–H groups in total. The Morgan fingerprint density at radius 3 is 2.85 bits per heavy atom. The molecule has 1 saturated heterocycles. The topological polar surface area (TPSA) is 106 Å². The van der Waals surface area contributed by atoms with Crippen LogP contribution in [0.15, 0.2) is 6.07 Å². The van der Waals surface area contributed by atoms with Gasteiger partial charge in [0.2, 0.25) is 5.88 Å². The Morgan fingerprint density at radius 2 is 2.20 bits per heavy atom. The molecule has 112 valence electrons. The highest BCUT2D eigenvalue weighted by molar-refractivity contribution is 5.41. The summed E-state index contributed by atoms with van der Waals surface area (Å²) < 4.78 is 15.3. The number of aromatic nitrogens is 2. The summed E-state index contributed by atoms with van der Waals surface area (Å²) in [6.07, 6.45) is -0.806. The first-order valence-electron chi connectivity index (χ1n) is 6.32. The first kappa shape index (κ1) is 14.8. The maximum atomic E-state index is 10.1. The fourth-order valence-corrected chi connectivity index (χ4v) is 2.06. The van der Waals surface area contributed by atoms with Crippen LogP contribution in [0.5, 0.6) is 11.9 Å². The largest absolute Gasteiger partial charge is 0.481 e. The van der Waals surface area contributed by atoms with Gasteiger partial charge in [-0.15, -0.1) is 0 Å². The number of hydrogen-bond donors (Lipinski definition) is 3. The van der Waals surface area contributed by atoms with E-state index in [2.05, 4.69) is 15.3 Å². The lowest BCUT2D eigenvalue weighted by Crippen LogP contribution is -2.49. The van der Waals surface area contributed by atoms with Gasteiger partial charge in [-0.25, -0.2) is 0 Å². The molecule has 2 heterocycles. The summed E-state index contributed by atoms with van der Waals surface area (Å²) in [7, 11) is 2.96. The van der Waals surface area contributed by atoms with Crippen molar-refractivity contribution in [3.8, 4) is 11.9 Å². The number of methoxy groups -OCH3 is 2. The smallest absolute Gasteiger partial charge is 0.321 e. The van der Waals surface area contributed by atoms with E-state index in [1.807, 2.05) is 0 Å². The number of nitrogens with zero attached hydrogens (tertiary/aromatic N) is 2. The molecular formula is C12H19N3O5. The van der Waals surface area contributed by atoms with Gasteiger partial charge in [0, 0.05) is 12.7 Å². The highest BCUT2D eigenvalue weighted by atomic mass is 16.5. The minimum atomic E-state index is -0.819. The van der Waals surface area contributed by atoms with Crippen molar-refractivity contribution in [1.29, 1.82) is 0 Å². The lowest BCUT2D eigenvalue weighted by molar-refractivity contribution is -0.0997. The van der Waals surface area contributed by atoms with E-state index in [0.29, 0.717) is 24.7 Å². The molecule has 0 aromatic carbocycles. The van der Waals surface area contributed by atoms with Gasteiger partial charge in [-0.2, -0.15) is 9.97 Å². The molecule has 0 bridgehead atoms. The molecule has 8 heteroatoms. The zero-order chi connectivity index (χ0) is 14.5. The summed E-state index contributed by atoms with van der Waals surface area (Å²) >= 11 is 0. The summed E-state index contributed by atoms with van der Waals surface area (Å²) in [5.41, 5.74) is 0. The molecule has 20 heavy (non-hydrogen) atoms. The van der Waals surface area contributed by atoms with E-state index in [-0.39, 0.29) is 18.7 Å². The molecular weight excluding hydrogens is 266 g/mol. The molecule has 1 aromatic heterocycles. The summed E-state index contributed by atoms with van der Waals surface area (Å²) in [5, 5.41) is 22.3. The van der Waals surface area contributed by atoms with Gasteiger partial charge >= 0.3 is 6.01 Å². The summed E-state index contributed by atoms with van der Waals surface area (Å²) in [6, 6.07) is 1.51. The summed E-state index contributed by atoms with van der Waals surface area (Å²) in [5.74, 6) is 0.843. The number of aliphatic hydroxyl groups is 2. The van der Waals surface area contributed by atoms with E-state index >= 15 is 0 Å². The van der Waals surface area contributed by atoms with Gasteiger partial charge in [0.1, 0.15) is 18.0 Å². The van der Waals surface area contributed by atoms with Crippen LogP contribution in [0.2, 0.25) is 0 Å². The maximum absolute atomic E-state index is 10.1. The Morgan fingerprint density at radius 1 is 1.40 bits per heavy atom. The molecule has 3 atom stereocenters. The molecule has 1 aliphatic rings. The Hall–Kier alpha value is -1.64. The zero-order valence-electron chi connectivity index (χ0n) is 11.4. The van der Waals surface area contributed by atoms with Crippen LogP contribution >= 0.6 is 0 Å². The van der Waals surface area contributed by atoms with E-state index in [1.54, 1.807) is 6.07 Å². The number of anilines is 1. The fourth-order valence-electron chi connectivity index (χ4n) is 2.06. The first-order chi connectivity index (χ1) is 9.67. The molecule has 1 aromatic rings. The van der Waals surface area contributed by atoms with Gasteiger partial charge in [-0.1, -0.05) is 0 Å². The van der Waals surface area contributed by atoms with Crippen LogP contribution in [0, 0.1) is 0 Å². The van der Waals surface area contributed by atoms with Crippen LogP contribution in [0.3, 0.4) is 0 Å². The molecule has 0 unspecified atom stereocenters. The van der Waals surface area contributed by atoms with Crippen molar-refractivity contribution >= 4 is 5.82 Å². The zero-order valence-corrected chi connectivity index (χ0v) is 11.4. The number of ether oxygens (including phenoxy) is 3. The lowest BCUT2D eigenvalue weighted by Gasteiger charge is -2.34. The van der Waals surface area contributed by atoms with E-state index in [0.717, 1.165) is 0 Å². The SMILES string of the molecule is COc1cc(N[C@H]2CCO[C@H](CO)[C@H]2O)nc(OC)n1. The molecule has 0 saturated carbocycles. The monoisotopic (exact) mass is 285 g/mol. The summed E-state index contributed by atoms with van der Waals surface area (Å²) in [6.45, 7) is 0.231. The van der Waals surface area contributed by atoms with Crippen LogP contribution in [0.1, 0.15) is 6.42 Å². The second kappa shape index (κ2) is 6.69. The number of hydrogen-bond acceptors (Lipinski definition) is 8. The molecule has 0 radical (unpaired) electrons. The second-order valence-corrected chi connectivity index (χ2v) is 4.40. The lowest BCUT2D eigenvalue weighted by atomic mass is 10.00. The van der Waals surface area contributed by atoms with Crippen molar-refractivity contribution in [3.05, 3.63) is 6.07 Å². The van der Waals surface area contributed by atoms with Crippen molar-refractivity contribution in [2.75, 3.05) is 32.8 Å². The molecule has 0 amide bonds. The Bertz CT molecular complexity index is 423. The number of rotatable bonds is 5. The van der Waals surface area contributed by atoms with Crippen molar-refractivity contribution in [3.63, 3.8) is 0 Å². The van der Waals surface area contributed by atoms with Crippen molar-refractivity contribution < 1.29 is 24.4 Å². The van der Waals surface area contributed by atoms with Crippen LogP contribution in [-0.4, -0.2) is 65.9 Å². The van der Waals surface area contributed by atoms with Crippen LogP contribution < -0.4 is 14.8 Å². The predicted molar refractivity (Wildman–Crippen MR) is 70.0 cm³/mol. The van der Waals surface area contributed by atoms with Gasteiger partial charge < -0.3 is 29.7 Å². The van der Waals surface area contributed by atoms with E-state index in [1.165, 1.54) is 14.2 Å². The third-order valence-electron chi connectivity index (χ3n) is 3.14. The van der Waals surface area contributed by atoms with Gasteiger partial charge in [0.05, 0.1) is 26.9 Å². The maximum Gasteiger partial charge on any atom is 0.321 e. The van der Waals surface area contributed by atoms with E-state index < -0.39 is 12.2 Å². The third-order valence-corrected chi connectivity index (χ3v) is 3.14. The highest BCUT2D eigenvalue weighted by Crippen LogP contribution is 2.22. The standard InChI is InChI=1S/C12H19N3O5/c1-18-10-5-9(14-12(15-10)19-2)13-7-3-4-20-8(6-16)11(7)17/h5,7-8,11,16-17H,3-4,6H2,1-2H3,(H,13,14,15)/t7-,8+,11-/m0/s1. The first-order valence-corrected chi connectivity index (χ1v) is 6.32. The van der Waals surface area contributed by atoms with Crippen LogP contribution in [0.4, 0.5) is 5.82 Å². The average molecular weight is 285 g/mol. The molecule has 0 aliphatic carbocycles. The number of aliphatic hydroxyl groups excluding tert-OH is 2. The second-order valence-electron chi connectivity index (χ2n) is 4.40. The van der Waals surface area contributed by atoms with Crippen LogP contribution in [-0.2, 0) is 4.74 Å². The van der Waals surface area contributed by atoms with E-state index in [9.17, 15) is 5.11 Å². The van der Waals surface area contributed by atoms with Gasteiger partial charge in [0.25, 0.3) is 0 Å². The van der Waals surface area contributed by atoms with Gasteiger partial charge in [0.15, 0.2) is 0 Å². The number of nitrogens with one attached hydrogen (secondary N) is 1. The molecule has 8 nitrogen and oxygen atoms in total. The van der Waals surface area contributed by atoms with Gasteiger partial charge in [-0.05, 0) is 6.42 Å². The third kappa shape index (κ3) is 3.27. The normalized spacial score (nSPS) is 26.1. The van der Waals surface area contributed by atoms with E-state index in [4.69, 9.17) is 19.3 Å². The highest BCUT2D eigenvalue weighted by Gasteiger charge is 2.32. The molecule has 1 fully saturated rings. The Kier molecular flexibility index (Phi) is 4.94. The quantitative estimate of drug-likeness (QED) is 0.659. The Balaban J connectivity index is 2.12. The van der Waals surface area contributed by atoms with Crippen molar-refractivity contribution in [2.24, 2.45) is 0 Å². The van der Waals surface area contributed by atoms with Crippen LogP contribution in [0.25, 0.3) is 0 Å². The molecule has 0 spiro atoms. The van der Waals surface area contributed by atoms with Crippen molar-refractivity contribution in [1.82, 2.24) is 9.97 Å². The molecule has 1 aliphatic heterocycles. The summed E-state index contributed by atoms with van der Waals surface area (Å²) in [4.78, 5) is 8.13. The minimum absolute atomic E-state index is 0.173. The predicted octanol–water partition coefficient (Wildman–Crippen LogP) is -0.584. The van der Waals surface area contributed by atoms with Gasteiger partial charge in [-0.3, -0.25) is 0 Å².